The fourth-order valence-electron chi connectivity index (χ4n) is 3.39. The van der Waals surface area contributed by atoms with E-state index in [1.807, 2.05) is 36.4 Å². The zero-order valence-electron chi connectivity index (χ0n) is 14.1. The monoisotopic (exact) mass is 329 g/mol. The van der Waals surface area contributed by atoms with Crippen LogP contribution < -0.4 is 4.74 Å². The largest absolute Gasteiger partial charge is 0.497 e. The smallest absolute Gasteiger partial charge is 0.227 e. The molecule has 24 heavy (non-hydrogen) atoms. The lowest BCUT2D eigenvalue weighted by atomic mass is 10.0. The summed E-state index contributed by atoms with van der Waals surface area (Å²) >= 11 is 0. The third-order valence-corrected chi connectivity index (χ3v) is 4.76. The average molecular weight is 329 g/mol. The summed E-state index contributed by atoms with van der Waals surface area (Å²) in [6.45, 7) is 0.504. The highest BCUT2D eigenvalue weighted by molar-refractivity contribution is 5.91. The first-order valence-corrected chi connectivity index (χ1v) is 8.15. The van der Waals surface area contributed by atoms with Crippen molar-refractivity contribution in [1.82, 2.24) is 4.90 Å². The third kappa shape index (κ3) is 3.23. The van der Waals surface area contributed by atoms with Gasteiger partial charge in [0.05, 0.1) is 32.3 Å². The Morgan fingerprint density at radius 3 is 2.83 bits per heavy atom. The molecule has 1 aliphatic heterocycles. The van der Waals surface area contributed by atoms with E-state index in [9.17, 15) is 9.90 Å². The van der Waals surface area contributed by atoms with Crippen LogP contribution in [0, 0.1) is 0 Å². The van der Waals surface area contributed by atoms with E-state index >= 15 is 0 Å². The number of hydrogen-bond donors (Lipinski definition) is 1. The number of nitrogens with zero attached hydrogens (tertiary/aromatic N) is 1. The first-order valence-electron chi connectivity index (χ1n) is 8.15. The lowest BCUT2D eigenvalue weighted by Gasteiger charge is -2.23. The van der Waals surface area contributed by atoms with Crippen LogP contribution in [0.3, 0.4) is 0 Å². The first-order chi connectivity index (χ1) is 11.7. The summed E-state index contributed by atoms with van der Waals surface area (Å²) in [6.07, 6.45) is 0.984. The van der Waals surface area contributed by atoms with Crippen molar-refractivity contribution in [3.63, 3.8) is 0 Å². The van der Waals surface area contributed by atoms with Crippen molar-refractivity contribution in [3.8, 4) is 5.75 Å². The molecule has 128 valence electrons. The van der Waals surface area contributed by atoms with Crippen LogP contribution in [0.15, 0.2) is 36.4 Å². The highest BCUT2D eigenvalue weighted by Crippen LogP contribution is 2.26. The van der Waals surface area contributed by atoms with Crippen molar-refractivity contribution in [3.05, 3.63) is 42.0 Å². The molecule has 0 aliphatic carbocycles. The molecular formula is C19H23NO4. The fourth-order valence-corrected chi connectivity index (χ4v) is 3.39. The zero-order valence-corrected chi connectivity index (χ0v) is 14.1. The second kappa shape index (κ2) is 7.20. The van der Waals surface area contributed by atoms with Crippen molar-refractivity contribution in [2.24, 2.45) is 0 Å². The van der Waals surface area contributed by atoms with Crippen molar-refractivity contribution >= 4 is 16.7 Å². The van der Waals surface area contributed by atoms with E-state index in [1.54, 1.807) is 19.1 Å². The standard InChI is InChI=1S/C19H23NO4/c1-23-16-7-6-13-4-3-5-14(18(13)10-16)8-19(22)20-11-17(24-2)9-15(20)12-21/h3-7,10,15,17,21H,8-9,11-12H2,1-2H3/t15-,17-/m0/s1. The molecule has 1 saturated heterocycles. The molecule has 1 fully saturated rings. The summed E-state index contributed by atoms with van der Waals surface area (Å²) in [7, 11) is 3.28. The number of benzene rings is 2. The molecule has 2 atom stereocenters. The number of rotatable bonds is 5. The molecule has 1 heterocycles. The molecule has 0 bridgehead atoms. The normalized spacial score (nSPS) is 20.5. The molecule has 5 nitrogen and oxygen atoms in total. The molecule has 3 rings (SSSR count). The molecule has 2 aromatic carbocycles. The molecule has 0 spiro atoms. The SMILES string of the molecule is COc1ccc2cccc(CC(=O)N3C[C@@H](OC)C[C@H]3CO)c2c1. The number of likely N-dealkylation sites (tertiary alicyclic amines) is 1. The highest BCUT2D eigenvalue weighted by atomic mass is 16.5. The predicted molar refractivity (Wildman–Crippen MR) is 92.2 cm³/mol. The quantitative estimate of drug-likeness (QED) is 0.911. The Labute approximate surface area is 141 Å². The maximum absolute atomic E-state index is 12.8. The van der Waals surface area contributed by atoms with E-state index in [0.29, 0.717) is 19.4 Å². The average Bonchev–Trinajstić information content (AvgIpc) is 3.05. The van der Waals surface area contributed by atoms with E-state index in [1.165, 1.54) is 0 Å². The minimum absolute atomic E-state index is 0.00119. The van der Waals surface area contributed by atoms with Gasteiger partial charge in [-0.3, -0.25) is 4.79 Å². The van der Waals surface area contributed by atoms with E-state index in [0.717, 1.165) is 22.1 Å². The zero-order chi connectivity index (χ0) is 17.1. The van der Waals surface area contributed by atoms with Crippen LogP contribution in [0.25, 0.3) is 10.8 Å². The number of amides is 1. The fraction of sp³-hybridized carbons (Fsp3) is 0.421. The van der Waals surface area contributed by atoms with Gasteiger partial charge in [-0.25, -0.2) is 0 Å². The van der Waals surface area contributed by atoms with Gasteiger partial charge in [0.2, 0.25) is 5.91 Å². The topological polar surface area (TPSA) is 59.0 Å². The van der Waals surface area contributed by atoms with Crippen LogP contribution in [0.2, 0.25) is 0 Å². The number of aliphatic hydroxyl groups excluding tert-OH is 1. The lowest BCUT2D eigenvalue weighted by Crippen LogP contribution is -2.39. The van der Waals surface area contributed by atoms with Crippen molar-refractivity contribution in [1.29, 1.82) is 0 Å². The number of carbonyl (C=O) groups is 1. The molecule has 1 amide bonds. The molecule has 0 unspecified atom stereocenters. The summed E-state index contributed by atoms with van der Waals surface area (Å²) < 4.78 is 10.7. The van der Waals surface area contributed by atoms with Crippen LogP contribution >= 0.6 is 0 Å². The molecule has 5 heteroatoms. The molecule has 0 aromatic heterocycles. The van der Waals surface area contributed by atoms with Gasteiger partial charge in [-0.05, 0) is 34.9 Å². The van der Waals surface area contributed by atoms with E-state index < -0.39 is 0 Å². The third-order valence-electron chi connectivity index (χ3n) is 4.76. The first kappa shape index (κ1) is 16.7. The predicted octanol–water partition coefficient (Wildman–Crippen LogP) is 2.00. The summed E-state index contributed by atoms with van der Waals surface area (Å²) in [6, 6.07) is 11.7. The van der Waals surface area contributed by atoms with Crippen LogP contribution in [0.1, 0.15) is 12.0 Å². The van der Waals surface area contributed by atoms with Crippen LogP contribution in [-0.4, -0.2) is 55.4 Å². The molecule has 2 aromatic rings. The van der Waals surface area contributed by atoms with Gasteiger partial charge in [0.15, 0.2) is 0 Å². The lowest BCUT2D eigenvalue weighted by molar-refractivity contribution is -0.132. The summed E-state index contributed by atoms with van der Waals surface area (Å²) in [5.74, 6) is 0.792. The maximum atomic E-state index is 12.8. The van der Waals surface area contributed by atoms with Gasteiger partial charge in [-0.2, -0.15) is 0 Å². The number of aliphatic hydroxyl groups is 1. The Bertz CT molecular complexity index is 730. The number of fused-ring (bicyclic) bond motifs is 1. The van der Waals surface area contributed by atoms with E-state index in [-0.39, 0.29) is 24.7 Å². The maximum Gasteiger partial charge on any atom is 0.227 e. The summed E-state index contributed by atoms with van der Waals surface area (Å²) in [5, 5.41) is 11.6. The molecule has 0 saturated carbocycles. The van der Waals surface area contributed by atoms with E-state index in [4.69, 9.17) is 9.47 Å². The minimum atomic E-state index is -0.160. The van der Waals surface area contributed by atoms with Crippen molar-refractivity contribution < 1.29 is 19.4 Å². The van der Waals surface area contributed by atoms with Gasteiger partial charge in [-0.1, -0.05) is 24.3 Å². The Morgan fingerprint density at radius 2 is 2.12 bits per heavy atom. The second-order valence-corrected chi connectivity index (χ2v) is 6.16. The number of ether oxygens (including phenoxy) is 2. The summed E-state index contributed by atoms with van der Waals surface area (Å²) in [4.78, 5) is 14.5. The van der Waals surface area contributed by atoms with Crippen LogP contribution in [0.5, 0.6) is 5.75 Å². The molecular weight excluding hydrogens is 306 g/mol. The van der Waals surface area contributed by atoms with Gasteiger partial charge in [0, 0.05) is 13.7 Å². The Morgan fingerprint density at radius 1 is 1.29 bits per heavy atom. The number of hydrogen-bond acceptors (Lipinski definition) is 4. The van der Waals surface area contributed by atoms with Crippen molar-refractivity contribution in [2.75, 3.05) is 27.4 Å². The molecule has 0 radical (unpaired) electrons. The Balaban J connectivity index is 1.85. The molecule has 1 N–H and O–H groups in total. The Kier molecular flexibility index (Phi) is 5.02. The van der Waals surface area contributed by atoms with Gasteiger partial charge < -0.3 is 19.5 Å². The summed E-state index contributed by atoms with van der Waals surface area (Å²) in [5.41, 5.74) is 0.967. The van der Waals surface area contributed by atoms with Crippen molar-refractivity contribution in [2.45, 2.75) is 25.0 Å². The van der Waals surface area contributed by atoms with E-state index in [2.05, 4.69) is 0 Å². The van der Waals surface area contributed by atoms with Gasteiger partial charge in [0.25, 0.3) is 0 Å². The number of carbonyl (C=O) groups excluding carboxylic acids is 1. The van der Waals surface area contributed by atoms with Gasteiger partial charge in [0.1, 0.15) is 5.75 Å². The minimum Gasteiger partial charge on any atom is -0.497 e. The van der Waals surface area contributed by atoms with Crippen LogP contribution in [-0.2, 0) is 16.0 Å². The van der Waals surface area contributed by atoms with Gasteiger partial charge >= 0.3 is 0 Å². The number of methoxy groups -OCH3 is 2. The molecule has 1 aliphatic rings. The second-order valence-electron chi connectivity index (χ2n) is 6.16. The highest BCUT2D eigenvalue weighted by Gasteiger charge is 2.34. The Hall–Kier alpha value is -2.11. The van der Waals surface area contributed by atoms with Crippen LogP contribution in [0.4, 0.5) is 0 Å². The van der Waals surface area contributed by atoms with Gasteiger partial charge in [-0.15, -0.1) is 0 Å².